The molecule has 1 aliphatic heterocycles. The number of ether oxygens (including phenoxy) is 3. The first-order chi connectivity index (χ1) is 19.7. The summed E-state index contributed by atoms with van der Waals surface area (Å²) in [7, 11) is -3.80. The summed E-state index contributed by atoms with van der Waals surface area (Å²) >= 11 is 0. The van der Waals surface area contributed by atoms with Crippen molar-refractivity contribution < 1.29 is 47.3 Å². The molecular formula is C27H30N3O10P. The maximum absolute atomic E-state index is 13.5. The second-order valence-corrected chi connectivity index (χ2v) is 11.0. The molecule has 1 fully saturated rings. The van der Waals surface area contributed by atoms with Crippen molar-refractivity contribution in [3.63, 3.8) is 0 Å². The van der Waals surface area contributed by atoms with Gasteiger partial charge < -0.3 is 34.1 Å². The van der Waals surface area contributed by atoms with Gasteiger partial charge in [-0.25, -0.2) is 14.6 Å². The van der Waals surface area contributed by atoms with E-state index in [1.165, 1.54) is 24.3 Å². The molecule has 41 heavy (non-hydrogen) atoms. The van der Waals surface area contributed by atoms with Gasteiger partial charge in [-0.1, -0.05) is 36.4 Å². The second-order valence-electron chi connectivity index (χ2n) is 8.85. The summed E-state index contributed by atoms with van der Waals surface area (Å²) in [6, 6.07) is 16.1. The Labute approximate surface area is 235 Å². The van der Waals surface area contributed by atoms with Gasteiger partial charge in [0.15, 0.2) is 24.1 Å². The molecule has 2 aromatic carbocycles. The van der Waals surface area contributed by atoms with Crippen molar-refractivity contribution in [2.45, 2.75) is 38.4 Å². The van der Waals surface area contributed by atoms with Gasteiger partial charge in [0.05, 0.1) is 30.5 Å². The molecule has 0 spiro atoms. The zero-order chi connectivity index (χ0) is 29.6. The second kappa shape index (κ2) is 13.1. The van der Waals surface area contributed by atoms with E-state index >= 15 is 0 Å². The third kappa shape index (κ3) is 6.83. The normalized spacial score (nSPS) is 20.4. The fraction of sp³-hybridized carbons (Fsp3) is 0.333. The van der Waals surface area contributed by atoms with Crippen LogP contribution in [0.15, 0.2) is 67.0 Å². The molecule has 1 amide bonds. The van der Waals surface area contributed by atoms with Gasteiger partial charge in [-0.15, -0.1) is 0 Å². The van der Waals surface area contributed by atoms with Crippen molar-refractivity contribution in [3.8, 4) is 5.88 Å². The highest BCUT2D eigenvalue weighted by Gasteiger charge is 2.53. The van der Waals surface area contributed by atoms with Crippen LogP contribution in [0.5, 0.6) is 5.88 Å². The SMILES string of the molecule is CCOP(=O)(C[C@H]1O[C@@H](n2cnc(C(N)=O)c2O)C(OC(=O)c2ccccc2)[C@H]1OC(=O)c1ccccc1)OCC. The first-order valence-electron chi connectivity index (χ1n) is 12.8. The lowest BCUT2D eigenvalue weighted by molar-refractivity contribution is -0.0514. The highest BCUT2D eigenvalue weighted by molar-refractivity contribution is 7.53. The Kier molecular flexibility index (Phi) is 9.56. The van der Waals surface area contributed by atoms with Gasteiger partial charge in [0.2, 0.25) is 5.88 Å². The van der Waals surface area contributed by atoms with Crippen LogP contribution in [0.3, 0.4) is 0 Å². The Morgan fingerprint density at radius 3 is 1.90 bits per heavy atom. The van der Waals surface area contributed by atoms with Gasteiger partial charge >= 0.3 is 19.5 Å². The van der Waals surface area contributed by atoms with Gasteiger partial charge in [-0.2, -0.15) is 0 Å². The lowest BCUT2D eigenvalue weighted by Gasteiger charge is -2.26. The zero-order valence-electron chi connectivity index (χ0n) is 22.3. The fourth-order valence-electron chi connectivity index (χ4n) is 4.35. The number of hydrogen-bond donors (Lipinski definition) is 2. The van der Waals surface area contributed by atoms with Gasteiger partial charge in [-0.05, 0) is 38.1 Å². The highest BCUT2D eigenvalue weighted by atomic mass is 31.2. The minimum atomic E-state index is -3.80. The van der Waals surface area contributed by atoms with Gasteiger partial charge in [0.1, 0.15) is 12.4 Å². The number of carbonyl (C=O) groups is 3. The number of esters is 2. The molecule has 4 atom stereocenters. The van der Waals surface area contributed by atoms with Crippen LogP contribution in [0.4, 0.5) is 0 Å². The summed E-state index contributed by atoms with van der Waals surface area (Å²) in [4.78, 5) is 42.0. The van der Waals surface area contributed by atoms with E-state index in [1.807, 2.05) is 0 Å². The lowest BCUT2D eigenvalue weighted by Crippen LogP contribution is -2.40. The molecule has 2 heterocycles. The highest BCUT2D eigenvalue weighted by Crippen LogP contribution is 2.52. The van der Waals surface area contributed by atoms with Crippen molar-refractivity contribution in [1.82, 2.24) is 9.55 Å². The molecule has 0 saturated carbocycles. The average Bonchev–Trinajstić information content (AvgIpc) is 3.49. The van der Waals surface area contributed by atoms with Crippen LogP contribution >= 0.6 is 7.60 Å². The van der Waals surface area contributed by atoms with Gasteiger partial charge in [-0.3, -0.25) is 13.9 Å². The first-order valence-corrected chi connectivity index (χ1v) is 14.5. The molecule has 3 N–H and O–H groups in total. The number of nitrogens with two attached hydrogens (primary N) is 1. The van der Waals surface area contributed by atoms with E-state index in [0.717, 1.165) is 10.9 Å². The Morgan fingerprint density at radius 2 is 1.44 bits per heavy atom. The zero-order valence-corrected chi connectivity index (χ0v) is 23.2. The number of nitrogens with zero attached hydrogens (tertiary/aromatic N) is 2. The molecule has 3 aromatic rings. The topological polar surface area (TPSA) is 178 Å². The van der Waals surface area contributed by atoms with Crippen LogP contribution < -0.4 is 5.73 Å². The maximum atomic E-state index is 13.5. The van der Waals surface area contributed by atoms with Crippen LogP contribution in [0.1, 0.15) is 51.3 Å². The van der Waals surface area contributed by atoms with E-state index in [1.54, 1.807) is 50.2 Å². The quantitative estimate of drug-likeness (QED) is 0.235. The van der Waals surface area contributed by atoms with E-state index in [9.17, 15) is 24.1 Å². The number of hydrogen-bond acceptors (Lipinski definition) is 11. The Bertz CT molecular complexity index is 1410. The Hall–Kier alpha value is -4.03. The number of carbonyl (C=O) groups excluding carboxylic acids is 3. The smallest absolute Gasteiger partial charge is 0.338 e. The largest absolute Gasteiger partial charge is 0.493 e. The molecule has 0 aliphatic carbocycles. The maximum Gasteiger partial charge on any atom is 0.338 e. The summed E-state index contributed by atoms with van der Waals surface area (Å²) in [6.45, 7) is 3.38. The number of benzene rings is 2. The molecule has 1 saturated heterocycles. The number of aromatic hydroxyl groups is 1. The summed E-state index contributed by atoms with van der Waals surface area (Å²) < 4.78 is 43.2. The molecule has 13 nitrogen and oxygen atoms in total. The third-order valence-corrected chi connectivity index (χ3v) is 8.23. The molecule has 0 bridgehead atoms. The molecule has 4 rings (SSSR count). The molecule has 1 aromatic heterocycles. The van der Waals surface area contributed by atoms with Crippen LogP contribution in [-0.2, 0) is 27.8 Å². The van der Waals surface area contributed by atoms with Gasteiger partial charge in [0.25, 0.3) is 5.91 Å². The van der Waals surface area contributed by atoms with Crippen molar-refractivity contribution in [2.75, 3.05) is 19.4 Å². The standard InChI is InChI=1S/C27H30N3O10P/c1-3-36-41(35,37-4-2)15-19-21(39-26(33)17-11-7-5-8-12-17)22(40-27(34)18-13-9-6-10-14-18)25(38-19)30-16-29-20(23(28)31)24(30)32/h5-14,16,19,21-22,25,32H,3-4,15H2,1-2H3,(H2,28,31)/t19-,21+,22?,25-/m1/s1. The molecule has 0 radical (unpaired) electrons. The lowest BCUT2D eigenvalue weighted by atomic mass is 10.1. The van der Waals surface area contributed by atoms with Crippen molar-refractivity contribution >= 4 is 25.4 Å². The van der Waals surface area contributed by atoms with E-state index < -0.39 is 67.7 Å². The van der Waals surface area contributed by atoms with Crippen molar-refractivity contribution in [1.29, 1.82) is 0 Å². The van der Waals surface area contributed by atoms with Crippen LogP contribution in [0, 0.1) is 0 Å². The summed E-state index contributed by atoms with van der Waals surface area (Å²) in [5, 5.41) is 10.7. The van der Waals surface area contributed by atoms with Crippen molar-refractivity contribution in [2.24, 2.45) is 5.73 Å². The summed E-state index contributed by atoms with van der Waals surface area (Å²) in [6.07, 6.45) is -4.73. The minimum Gasteiger partial charge on any atom is -0.493 e. The molecular weight excluding hydrogens is 557 g/mol. The van der Waals surface area contributed by atoms with E-state index in [2.05, 4.69) is 4.98 Å². The number of rotatable bonds is 12. The predicted octanol–water partition coefficient (Wildman–Crippen LogP) is 3.30. The van der Waals surface area contributed by atoms with E-state index in [0.29, 0.717) is 0 Å². The fourth-order valence-corrected chi connectivity index (χ4v) is 6.16. The van der Waals surface area contributed by atoms with Crippen LogP contribution in [0.25, 0.3) is 0 Å². The van der Waals surface area contributed by atoms with E-state index in [-0.39, 0.29) is 24.3 Å². The van der Waals surface area contributed by atoms with Crippen LogP contribution in [-0.4, -0.2) is 70.2 Å². The van der Waals surface area contributed by atoms with Crippen molar-refractivity contribution in [3.05, 3.63) is 83.8 Å². The number of primary amides is 1. The molecule has 14 heteroatoms. The number of imidazole rings is 1. The average molecular weight is 588 g/mol. The predicted molar refractivity (Wildman–Crippen MR) is 143 cm³/mol. The van der Waals surface area contributed by atoms with Gasteiger partial charge in [0, 0.05) is 0 Å². The van der Waals surface area contributed by atoms with E-state index in [4.69, 9.17) is 29.0 Å². The minimum absolute atomic E-state index is 0.0542. The first kappa shape index (κ1) is 29.9. The number of aromatic nitrogens is 2. The third-order valence-electron chi connectivity index (χ3n) is 6.12. The molecule has 1 unspecified atom stereocenters. The molecule has 1 aliphatic rings. The number of amides is 1. The summed E-state index contributed by atoms with van der Waals surface area (Å²) in [5.74, 6) is -3.26. The monoisotopic (exact) mass is 587 g/mol. The summed E-state index contributed by atoms with van der Waals surface area (Å²) in [5.41, 5.74) is 5.23. The van der Waals surface area contributed by atoms with Crippen LogP contribution in [0.2, 0.25) is 0 Å². The Morgan fingerprint density at radius 1 is 0.927 bits per heavy atom. The molecule has 218 valence electrons. The Balaban J connectivity index is 1.78.